The van der Waals surface area contributed by atoms with Crippen LogP contribution in [0.1, 0.15) is 26.3 Å². The lowest BCUT2D eigenvalue weighted by Crippen LogP contribution is -2.50. The van der Waals surface area contributed by atoms with Gasteiger partial charge in [0.2, 0.25) is 5.91 Å². The first-order valence-corrected chi connectivity index (χ1v) is 9.84. The maximum Gasteiger partial charge on any atom is 0.262 e. The van der Waals surface area contributed by atoms with Gasteiger partial charge in [-0.1, -0.05) is 44.2 Å². The molecule has 0 spiro atoms. The molecule has 7 heteroatoms. The van der Waals surface area contributed by atoms with Crippen LogP contribution in [0.5, 0.6) is 0 Å². The van der Waals surface area contributed by atoms with Crippen molar-refractivity contribution in [2.75, 3.05) is 0 Å². The Morgan fingerprint density at radius 3 is 2.64 bits per heavy atom. The standard InChI is InChI=1S/C21H22N4O2S/c1-13(2)21(4,11-22)24-16(26)10-25-12-23-19-17(20(25)27)14(3)18(28-19)15-8-6-5-7-9-15/h5-9,12-13H,10H2,1-4H3,(H,24,26)/t21-/m0/s1. The van der Waals surface area contributed by atoms with E-state index in [2.05, 4.69) is 16.4 Å². The van der Waals surface area contributed by atoms with E-state index in [-0.39, 0.29) is 18.0 Å². The normalized spacial score (nSPS) is 13.3. The van der Waals surface area contributed by atoms with Crippen molar-refractivity contribution in [2.24, 2.45) is 5.92 Å². The summed E-state index contributed by atoms with van der Waals surface area (Å²) in [6.45, 7) is 7.13. The fourth-order valence-corrected chi connectivity index (χ4v) is 4.07. The Morgan fingerprint density at radius 2 is 2.04 bits per heavy atom. The number of amides is 1. The van der Waals surface area contributed by atoms with Gasteiger partial charge in [0.05, 0.1) is 17.8 Å². The van der Waals surface area contributed by atoms with Gasteiger partial charge in [-0.25, -0.2) is 4.98 Å². The number of aryl methyl sites for hydroxylation is 1. The number of nitriles is 1. The Labute approximate surface area is 167 Å². The van der Waals surface area contributed by atoms with Crippen molar-refractivity contribution in [1.82, 2.24) is 14.9 Å². The third kappa shape index (κ3) is 3.56. The number of hydrogen-bond donors (Lipinski definition) is 1. The number of nitrogens with zero attached hydrogens (tertiary/aromatic N) is 3. The van der Waals surface area contributed by atoms with Crippen molar-refractivity contribution in [1.29, 1.82) is 5.26 Å². The van der Waals surface area contributed by atoms with Crippen LogP contribution in [0.3, 0.4) is 0 Å². The van der Waals surface area contributed by atoms with Gasteiger partial charge in [-0.15, -0.1) is 11.3 Å². The largest absolute Gasteiger partial charge is 0.336 e. The van der Waals surface area contributed by atoms with Crippen molar-refractivity contribution in [3.63, 3.8) is 0 Å². The molecule has 3 aromatic rings. The highest BCUT2D eigenvalue weighted by molar-refractivity contribution is 7.22. The molecule has 1 aromatic carbocycles. The van der Waals surface area contributed by atoms with E-state index >= 15 is 0 Å². The zero-order chi connectivity index (χ0) is 20.5. The van der Waals surface area contributed by atoms with E-state index < -0.39 is 11.4 Å². The number of aromatic nitrogens is 2. The molecule has 0 saturated carbocycles. The molecule has 3 rings (SSSR count). The summed E-state index contributed by atoms with van der Waals surface area (Å²) in [5, 5.41) is 12.6. The third-order valence-corrected chi connectivity index (χ3v) is 6.30. The van der Waals surface area contributed by atoms with E-state index in [0.717, 1.165) is 16.0 Å². The SMILES string of the molecule is Cc1c(-c2ccccc2)sc2ncn(CC(=O)N[C@@](C)(C#N)C(C)C)c(=O)c12. The second kappa shape index (κ2) is 7.56. The second-order valence-electron chi connectivity index (χ2n) is 7.30. The number of hydrogen-bond acceptors (Lipinski definition) is 5. The Morgan fingerprint density at radius 1 is 1.36 bits per heavy atom. The van der Waals surface area contributed by atoms with Crippen LogP contribution in [0.15, 0.2) is 41.5 Å². The summed E-state index contributed by atoms with van der Waals surface area (Å²) in [5.41, 5.74) is 0.659. The second-order valence-corrected chi connectivity index (χ2v) is 8.30. The summed E-state index contributed by atoms with van der Waals surface area (Å²) in [5.74, 6) is -0.455. The minimum Gasteiger partial charge on any atom is -0.336 e. The summed E-state index contributed by atoms with van der Waals surface area (Å²) in [6.07, 6.45) is 1.40. The van der Waals surface area contributed by atoms with Crippen molar-refractivity contribution < 1.29 is 4.79 Å². The van der Waals surface area contributed by atoms with E-state index in [0.29, 0.717) is 10.2 Å². The molecule has 0 aliphatic heterocycles. The maximum atomic E-state index is 13.0. The van der Waals surface area contributed by atoms with Crippen LogP contribution < -0.4 is 10.9 Å². The maximum absolute atomic E-state index is 13.0. The van der Waals surface area contributed by atoms with Gasteiger partial charge in [-0.05, 0) is 30.9 Å². The molecule has 2 heterocycles. The first kappa shape index (κ1) is 19.8. The number of carbonyl (C=O) groups is 1. The minimum atomic E-state index is -0.989. The van der Waals surface area contributed by atoms with E-state index in [1.807, 2.05) is 51.1 Å². The summed E-state index contributed by atoms with van der Waals surface area (Å²) in [7, 11) is 0. The van der Waals surface area contributed by atoms with Crippen molar-refractivity contribution in [2.45, 2.75) is 39.8 Å². The van der Waals surface area contributed by atoms with Gasteiger partial charge in [0.15, 0.2) is 0 Å². The predicted octanol–water partition coefficient (Wildman–Crippen LogP) is 3.49. The highest BCUT2D eigenvalue weighted by Crippen LogP contribution is 2.35. The lowest BCUT2D eigenvalue weighted by atomic mass is 9.90. The molecule has 0 fully saturated rings. The lowest BCUT2D eigenvalue weighted by molar-refractivity contribution is -0.123. The molecule has 1 amide bonds. The van der Waals surface area contributed by atoms with Crippen LogP contribution in [-0.4, -0.2) is 21.0 Å². The molecule has 0 unspecified atom stereocenters. The Bertz CT molecular complexity index is 1120. The summed E-state index contributed by atoms with van der Waals surface area (Å²) < 4.78 is 1.30. The first-order valence-electron chi connectivity index (χ1n) is 9.03. The zero-order valence-electron chi connectivity index (χ0n) is 16.3. The molecule has 0 saturated heterocycles. The van der Waals surface area contributed by atoms with Crippen LogP contribution in [0, 0.1) is 24.2 Å². The van der Waals surface area contributed by atoms with Gasteiger partial charge in [0.25, 0.3) is 5.56 Å². The fraction of sp³-hybridized carbons (Fsp3) is 0.333. The molecule has 0 aliphatic rings. The Hall–Kier alpha value is -2.98. The highest BCUT2D eigenvalue weighted by Gasteiger charge is 2.30. The van der Waals surface area contributed by atoms with E-state index in [9.17, 15) is 14.9 Å². The van der Waals surface area contributed by atoms with Crippen molar-refractivity contribution >= 4 is 27.5 Å². The molecule has 0 aliphatic carbocycles. The number of carbonyl (C=O) groups excluding carboxylic acids is 1. The van der Waals surface area contributed by atoms with Crippen LogP contribution in [-0.2, 0) is 11.3 Å². The van der Waals surface area contributed by atoms with Gasteiger partial charge < -0.3 is 5.32 Å². The highest BCUT2D eigenvalue weighted by atomic mass is 32.1. The van der Waals surface area contributed by atoms with E-state index in [1.54, 1.807) is 6.92 Å². The molecule has 144 valence electrons. The molecule has 0 radical (unpaired) electrons. The quantitative estimate of drug-likeness (QED) is 0.717. The number of benzene rings is 1. The Kier molecular flexibility index (Phi) is 5.34. The van der Waals surface area contributed by atoms with Crippen LogP contribution >= 0.6 is 11.3 Å². The Balaban J connectivity index is 1.95. The van der Waals surface area contributed by atoms with Crippen molar-refractivity contribution in [3.8, 4) is 16.5 Å². The van der Waals surface area contributed by atoms with Gasteiger partial charge in [0, 0.05) is 4.88 Å². The molecular weight excluding hydrogens is 372 g/mol. The number of rotatable bonds is 5. The van der Waals surface area contributed by atoms with E-state index in [4.69, 9.17) is 0 Å². The number of thiophene rings is 1. The van der Waals surface area contributed by atoms with Gasteiger partial charge in [-0.2, -0.15) is 5.26 Å². The molecule has 0 bridgehead atoms. The fourth-order valence-electron chi connectivity index (χ4n) is 2.92. The summed E-state index contributed by atoms with van der Waals surface area (Å²) in [6, 6.07) is 12.0. The molecule has 1 atom stereocenters. The van der Waals surface area contributed by atoms with Gasteiger partial charge in [-0.3, -0.25) is 14.2 Å². The lowest BCUT2D eigenvalue weighted by Gasteiger charge is -2.27. The average molecular weight is 395 g/mol. The minimum absolute atomic E-state index is 0.0636. The molecule has 1 N–H and O–H groups in total. The van der Waals surface area contributed by atoms with Gasteiger partial charge >= 0.3 is 0 Å². The molecule has 28 heavy (non-hydrogen) atoms. The monoisotopic (exact) mass is 394 g/mol. The predicted molar refractivity (Wildman–Crippen MR) is 111 cm³/mol. The summed E-state index contributed by atoms with van der Waals surface area (Å²) >= 11 is 1.47. The van der Waals surface area contributed by atoms with Crippen molar-refractivity contribution in [3.05, 3.63) is 52.6 Å². The van der Waals surface area contributed by atoms with E-state index in [1.165, 1.54) is 22.2 Å². The smallest absolute Gasteiger partial charge is 0.262 e. The zero-order valence-corrected chi connectivity index (χ0v) is 17.1. The topological polar surface area (TPSA) is 87.8 Å². The van der Waals surface area contributed by atoms with Gasteiger partial charge in [0.1, 0.15) is 16.9 Å². The number of fused-ring (bicyclic) bond motifs is 1. The van der Waals surface area contributed by atoms with Crippen LogP contribution in [0.2, 0.25) is 0 Å². The third-order valence-electron chi connectivity index (χ3n) is 5.05. The number of nitrogens with one attached hydrogen (secondary N) is 1. The summed E-state index contributed by atoms with van der Waals surface area (Å²) in [4.78, 5) is 31.5. The molecular formula is C21H22N4O2S. The first-order chi connectivity index (χ1) is 13.3. The molecule has 2 aromatic heterocycles. The molecule has 6 nitrogen and oxygen atoms in total. The van der Waals surface area contributed by atoms with Crippen LogP contribution in [0.25, 0.3) is 20.7 Å². The van der Waals surface area contributed by atoms with Crippen LogP contribution in [0.4, 0.5) is 0 Å². The average Bonchev–Trinajstić information content (AvgIpc) is 3.01.